The minimum atomic E-state index is -0.107. The van der Waals surface area contributed by atoms with Crippen molar-refractivity contribution in [2.24, 2.45) is 7.05 Å². The van der Waals surface area contributed by atoms with Crippen LogP contribution in [0.4, 0.5) is 0 Å². The molecule has 0 saturated carbocycles. The predicted molar refractivity (Wildman–Crippen MR) is 77.0 cm³/mol. The topological polar surface area (TPSA) is 56.1 Å². The number of methoxy groups -OCH3 is 1. The first-order chi connectivity index (χ1) is 9.60. The standard InChI is InChI=1S/C15H19N3O2/c1-11-4-5-14(20-3)12(8-11)6-7-16-15(19)13-9-17-18(2)10-13/h4-5,8-10H,6-7H2,1-3H3,(H,16,19). The number of benzene rings is 1. The first-order valence-corrected chi connectivity index (χ1v) is 6.50. The number of aromatic nitrogens is 2. The molecule has 0 aliphatic rings. The highest BCUT2D eigenvalue weighted by molar-refractivity contribution is 5.93. The maximum Gasteiger partial charge on any atom is 0.254 e. The quantitative estimate of drug-likeness (QED) is 0.902. The SMILES string of the molecule is COc1ccc(C)cc1CCNC(=O)c1cnn(C)c1. The van der Waals surface area contributed by atoms with E-state index >= 15 is 0 Å². The van der Waals surface area contributed by atoms with Crippen LogP contribution < -0.4 is 10.1 Å². The lowest BCUT2D eigenvalue weighted by molar-refractivity contribution is 0.0954. The molecule has 0 bridgehead atoms. The Morgan fingerprint density at radius 1 is 1.45 bits per heavy atom. The molecule has 20 heavy (non-hydrogen) atoms. The Balaban J connectivity index is 1.93. The van der Waals surface area contributed by atoms with Crippen LogP contribution in [0, 0.1) is 6.92 Å². The van der Waals surface area contributed by atoms with Crippen molar-refractivity contribution >= 4 is 5.91 Å². The predicted octanol–water partition coefficient (Wildman–Crippen LogP) is 1.71. The molecule has 1 heterocycles. The molecular formula is C15H19N3O2. The van der Waals surface area contributed by atoms with E-state index in [9.17, 15) is 4.79 Å². The summed E-state index contributed by atoms with van der Waals surface area (Å²) in [5.41, 5.74) is 2.85. The van der Waals surface area contributed by atoms with Crippen molar-refractivity contribution in [3.63, 3.8) is 0 Å². The number of amides is 1. The zero-order valence-electron chi connectivity index (χ0n) is 12.0. The minimum absolute atomic E-state index is 0.107. The normalized spacial score (nSPS) is 10.3. The average Bonchev–Trinajstić information content (AvgIpc) is 2.86. The molecule has 1 aromatic heterocycles. The Labute approximate surface area is 118 Å². The van der Waals surface area contributed by atoms with Crippen LogP contribution in [0.2, 0.25) is 0 Å². The summed E-state index contributed by atoms with van der Waals surface area (Å²) in [5.74, 6) is 0.746. The van der Waals surface area contributed by atoms with E-state index in [1.54, 1.807) is 31.2 Å². The van der Waals surface area contributed by atoms with Crippen LogP contribution in [-0.4, -0.2) is 29.3 Å². The van der Waals surface area contributed by atoms with Crippen molar-refractivity contribution in [3.8, 4) is 5.75 Å². The first-order valence-electron chi connectivity index (χ1n) is 6.50. The summed E-state index contributed by atoms with van der Waals surface area (Å²) in [6, 6.07) is 6.04. The van der Waals surface area contributed by atoms with E-state index in [-0.39, 0.29) is 5.91 Å². The number of rotatable bonds is 5. The van der Waals surface area contributed by atoms with Gasteiger partial charge in [-0.2, -0.15) is 5.10 Å². The van der Waals surface area contributed by atoms with Crippen molar-refractivity contribution in [2.75, 3.05) is 13.7 Å². The van der Waals surface area contributed by atoms with Crippen LogP contribution >= 0.6 is 0 Å². The Hall–Kier alpha value is -2.30. The second-order valence-corrected chi connectivity index (χ2v) is 4.72. The Kier molecular flexibility index (Phi) is 4.40. The van der Waals surface area contributed by atoms with Gasteiger partial charge in [-0.3, -0.25) is 9.48 Å². The fourth-order valence-electron chi connectivity index (χ4n) is 2.05. The maximum atomic E-state index is 11.9. The largest absolute Gasteiger partial charge is 0.496 e. The van der Waals surface area contributed by atoms with Crippen molar-refractivity contribution in [1.82, 2.24) is 15.1 Å². The van der Waals surface area contributed by atoms with E-state index in [4.69, 9.17) is 4.74 Å². The molecule has 1 N–H and O–H groups in total. The van der Waals surface area contributed by atoms with Crippen LogP contribution in [0.1, 0.15) is 21.5 Å². The molecule has 5 heteroatoms. The Morgan fingerprint density at radius 2 is 2.25 bits per heavy atom. The molecule has 0 atom stereocenters. The van der Waals surface area contributed by atoms with Gasteiger partial charge in [-0.25, -0.2) is 0 Å². The van der Waals surface area contributed by atoms with E-state index in [2.05, 4.69) is 16.5 Å². The van der Waals surface area contributed by atoms with E-state index in [0.717, 1.165) is 17.7 Å². The Morgan fingerprint density at radius 3 is 2.90 bits per heavy atom. The summed E-state index contributed by atoms with van der Waals surface area (Å²) in [6.07, 6.45) is 3.99. The van der Waals surface area contributed by atoms with Crippen molar-refractivity contribution in [2.45, 2.75) is 13.3 Å². The zero-order valence-corrected chi connectivity index (χ0v) is 12.0. The number of hydrogen-bond acceptors (Lipinski definition) is 3. The monoisotopic (exact) mass is 273 g/mol. The summed E-state index contributed by atoms with van der Waals surface area (Å²) >= 11 is 0. The third-order valence-corrected chi connectivity index (χ3v) is 3.08. The lowest BCUT2D eigenvalue weighted by Crippen LogP contribution is -2.25. The van der Waals surface area contributed by atoms with Crippen molar-refractivity contribution in [1.29, 1.82) is 0 Å². The molecule has 5 nitrogen and oxygen atoms in total. The second-order valence-electron chi connectivity index (χ2n) is 4.72. The van der Waals surface area contributed by atoms with Crippen LogP contribution in [0.5, 0.6) is 5.75 Å². The molecule has 0 spiro atoms. The molecule has 0 saturated heterocycles. The Bertz CT molecular complexity index is 605. The number of carbonyl (C=O) groups is 1. The number of ether oxygens (including phenoxy) is 1. The van der Waals surface area contributed by atoms with E-state index in [0.29, 0.717) is 12.1 Å². The molecule has 0 aliphatic heterocycles. The highest BCUT2D eigenvalue weighted by Crippen LogP contribution is 2.19. The maximum absolute atomic E-state index is 11.9. The molecule has 1 amide bonds. The number of hydrogen-bond donors (Lipinski definition) is 1. The molecule has 106 valence electrons. The summed E-state index contributed by atoms with van der Waals surface area (Å²) in [6.45, 7) is 2.60. The van der Waals surface area contributed by atoms with E-state index in [1.807, 2.05) is 19.1 Å². The molecule has 0 fully saturated rings. The summed E-state index contributed by atoms with van der Waals surface area (Å²) in [7, 11) is 3.44. The van der Waals surface area contributed by atoms with Gasteiger partial charge >= 0.3 is 0 Å². The molecule has 1 aromatic carbocycles. The van der Waals surface area contributed by atoms with Gasteiger partial charge in [0.1, 0.15) is 5.75 Å². The third kappa shape index (κ3) is 3.38. The van der Waals surface area contributed by atoms with Gasteiger partial charge in [0.2, 0.25) is 0 Å². The highest BCUT2D eigenvalue weighted by Gasteiger charge is 2.08. The van der Waals surface area contributed by atoms with Gasteiger partial charge < -0.3 is 10.1 Å². The van der Waals surface area contributed by atoms with Crippen LogP contribution in [0.3, 0.4) is 0 Å². The van der Waals surface area contributed by atoms with Gasteiger partial charge in [0.05, 0.1) is 18.9 Å². The lowest BCUT2D eigenvalue weighted by atomic mass is 10.1. The highest BCUT2D eigenvalue weighted by atomic mass is 16.5. The second kappa shape index (κ2) is 6.23. The van der Waals surface area contributed by atoms with E-state index < -0.39 is 0 Å². The van der Waals surface area contributed by atoms with Gasteiger partial charge in [-0.1, -0.05) is 17.7 Å². The number of carbonyl (C=O) groups excluding carboxylic acids is 1. The molecule has 0 unspecified atom stereocenters. The average molecular weight is 273 g/mol. The summed E-state index contributed by atoms with van der Waals surface area (Å²) in [4.78, 5) is 11.9. The van der Waals surface area contributed by atoms with Crippen LogP contribution in [0.25, 0.3) is 0 Å². The van der Waals surface area contributed by atoms with Crippen molar-refractivity contribution in [3.05, 3.63) is 47.3 Å². The fraction of sp³-hybridized carbons (Fsp3) is 0.333. The lowest BCUT2D eigenvalue weighted by Gasteiger charge is -2.10. The van der Waals surface area contributed by atoms with Gasteiger partial charge in [-0.15, -0.1) is 0 Å². The van der Waals surface area contributed by atoms with Gasteiger partial charge in [0.15, 0.2) is 0 Å². The third-order valence-electron chi connectivity index (χ3n) is 3.08. The molecule has 0 radical (unpaired) electrons. The fourth-order valence-corrected chi connectivity index (χ4v) is 2.05. The van der Waals surface area contributed by atoms with Gasteiger partial charge in [-0.05, 0) is 25.0 Å². The molecule has 0 aliphatic carbocycles. The zero-order chi connectivity index (χ0) is 14.5. The summed E-state index contributed by atoms with van der Waals surface area (Å²) in [5, 5.41) is 6.86. The van der Waals surface area contributed by atoms with Crippen molar-refractivity contribution < 1.29 is 9.53 Å². The van der Waals surface area contributed by atoms with Gasteiger partial charge in [0, 0.05) is 19.8 Å². The number of aryl methyl sites for hydroxylation is 2. The van der Waals surface area contributed by atoms with Gasteiger partial charge in [0.25, 0.3) is 5.91 Å². The number of nitrogens with one attached hydrogen (secondary N) is 1. The summed E-state index contributed by atoms with van der Waals surface area (Å²) < 4.78 is 6.93. The smallest absolute Gasteiger partial charge is 0.254 e. The van der Waals surface area contributed by atoms with E-state index in [1.165, 1.54) is 5.56 Å². The van der Waals surface area contributed by atoms with Crippen LogP contribution in [0.15, 0.2) is 30.6 Å². The van der Waals surface area contributed by atoms with Crippen LogP contribution in [-0.2, 0) is 13.5 Å². The molecular weight excluding hydrogens is 254 g/mol. The molecule has 2 aromatic rings. The minimum Gasteiger partial charge on any atom is -0.496 e. The first kappa shape index (κ1) is 14.1. The number of nitrogens with zero attached hydrogens (tertiary/aromatic N) is 2. The molecule has 2 rings (SSSR count).